The van der Waals surface area contributed by atoms with E-state index in [1.807, 2.05) is 0 Å². The van der Waals surface area contributed by atoms with Gasteiger partial charge >= 0.3 is 0 Å². The number of hydrogen-bond acceptors (Lipinski definition) is 6. The number of hydrogen-bond donors (Lipinski definition) is 6. The Balaban J connectivity index is 3.93. The summed E-state index contributed by atoms with van der Waals surface area (Å²) >= 11 is 0. The predicted octanol–water partition coefficient (Wildman–Crippen LogP) is 7.20. The third kappa shape index (κ3) is 31.8. The quantitative estimate of drug-likeness (QED) is 0.0369. The second-order valence-electron chi connectivity index (χ2n) is 14.4. The highest BCUT2D eigenvalue weighted by Gasteiger charge is 2.20. The highest BCUT2D eigenvalue weighted by atomic mass is 16.2. The molecule has 0 fully saturated rings. The molecule has 294 valence electrons. The molecule has 9 N–H and O–H groups in total. The monoisotopic (exact) mass is 709 g/mol. The topological polar surface area (TPSA) is 182 Å². The molecule has 2 atom stereocenters. The van der Waals surface area contributed by atoms with Gasteiger partial charge in [-0.2, -0.15) is 0 Å². The molecule has 10 nitrogen and oxygen atoms in total. The smallest absolute Gasteiger partial charge is 0.242 e. The van der Waals surface area contributed by atoms with E-state index < -0.39 is 18.0 Å². The van der Waals surface area contributed by atoms with Gasteiger partial charge in [0, 0.05) is 19.4 Å². The van der Waals surface area contributed by atoms with Gasteiger partial charge in [0.1, 0.15) is 12.1 Å². The average Bonchev–Trinajstić information content (AvgIpc) is 3.09. The standard InChI is InChI=1S/C40H80N6O4/c1-2-3-4-5-6-7-8-9-10-12-15-19-22-31-38(48)46-36(29-24-26-33-42)40(50)44-34-27-20-17-14-11-13-16-18-21-30-37(47)45-35(39(43)49)28-23-25-32-41/h35-36H,2-34,41-42H2,1H3,(H2,43,49)(H,44,50)(H,45,47)(H,46,48). The molecule has 4 amide bonds. The molecule has 0 rings (SSSR count). The van der Waals surface area contributed by atoms with Crippen molar-refractivity contribution in [1.82, 2.24) is 16.0 Å². The van der Waals surface area contributed by atoms with Crippen LogP contribution in [0, 0.1) is 0 Å². The van der Waals surface area contributed by atoms with Gasteiger partial charge in [0.25, 0.3) is 0 Å². The number of carbonyl (C=O) groups is 4. The van der Waals surface area contributed by atoms with Crippen LogP contribution in [-0.2, 0) is 19.2 Å². The van der Waals surface area contributed by atoms with Crippen LogP contribution in [0.15, 0.2) is 0 Å². The van der Waals surface area contributed by atoms with Crippen molar-refractivity contribution < 1.29 is 19.2 Å². The second kappa shape index (κ2) is 36.6. The third-order valence-corrected chi connectivity index (χ3v) is 9.61. The van der Waals surface area contributed by atoms with Crippen LogP contribution in [0.3, 0.4) is 0 Å². The zero-order valence-electron chi connectivity index (χ0n) is 32.4. The van der Waals surface area contributed by atoms with Crippen LogP contribution < -0.4 is 33.2 Å². The average molecular weight is 709 g/mol. The first-order valence-corrected chi connectivity index (χ1v) is 20.9. The van der Waals surface area contributed by atoms with Gasteiger partial charge < -0.3 is 33.2 Å². The number of rotatable bonds is 38. The molecule has 0 aliphatic rings. The summed E-state index contributed by atoms with van der Waals surface area (Å²) < 4.78 is 0. The van der Waals surface area contributed by atoms with Crippen molar-refractivity contribution in [2.75, 3.05) is 19.6 Å². The minimum Gasteiger partial charge on any atom is -0.368 e. The number of amides is 4. The Labute approximate surface area is 306 Å². The van der Waals surface area contributed by atoms with Crippen molar-refractivity contribution in [3.8, 4) is 0 Å². The van der Waals surface area contributed by atoms with Crippen molar-refractivity contribution in [3.05, 3.63) is 0 Å². The van der Waals surface area contributed by atoms with Crippen LogP contribution in [0.4, 0.5) is 0 Å². The summed E-state index contributed by atoms with van der Waals surface area (Å²) in [6.07, 6.45) is 31.4. The fourth-order valence-electron chi connectivity index (χ4n) is 6.36. The molecule has 0 aromatic heterocycles. The Bertz CT molecular complexity index is 828. The molecule has 0 aromatic carbocycles. The summed E-state index contributed by atoms with van der Waals surface area (Å²) in [4.78, 5) is 49.2. The molecule has 0 bridgehead atoms. The maximum absolute atomic E-state index is 12.9. The Morgan fingerprint density at radius 1 is 0.460 bits per heavy atom. The maximum atomic E-state index is 12.9. The van der Waals surface area contributed by atoms with Crippen LogP contribution in [0.1, 0.15) is 200 Å². The highest BCUT2D eigenvalue weighted by Crippen LogP contribution is 2.14. The zero-order valence-corrected chi connectivity index (χ0v) is 32.4. The van der Waals surface area contributed by atoms with E-state index in [4.69, 9.17) is 17.2 Å². The van der Waals surface area contributed by atoms with Crippen LogP contribution >= 0.6 is 0 Å². The van der Waals surface area contributed by atoms with E-state index in [9.17, 15) is 19.2 Å². The second-order valence-corrected chi connectivity index (χ2v) is 14.4. The van der Waals surface area contributed by atoms with E-state index >= 15 is 0 Å². The maximum Gasteiger partial charge on any atom is 0.242 e. The molecule has 50 heavy (non-hydrogen) atoms. The molecule has 0 saturated heterocycles. The molecular formula is C40H80N6O4. The molecule has 0 saturated carbocycles. The summed E-state index contributed by atoms with van der Waals surface area (Å²) in [5.41, 5.74) is 16.6. The van der Waals surface area contributed by atoms with Gasteiger partial charge in [-0.05, 0) is 70.9 Å². The van der Waals surface area contributed by atoms with E-state index in [1.54, 1.807) is 0 Å². The van der Waals surface area contributed by atoms with Gasteiger partial charge in [-0.1, -0.05) is 129 Å². The van der Waals surface area contributed by atoms with Gasteiger partial charge in [0.05, 0.1) is 0 Å². The lowest BCUT2D eigenvalue weighted by Gasteiger charge is -2.18. The number of unbranched alkanes of at least 4 members (excludes halogenated alkanes) is 22. The van der Waals surface area contributed by atoms with E-state index in [1.165, 1.54) is 70.6 Å². The first kappa shape index (κ1) is 47.8. The lowest BCUT2D eigenvalue weighted by Crippen LogP contribution is -2.47. The van der Waals surface area contributed by atoms with Crippen LogP contribution in [0.2, 0.25) is 0 Å². The van der Waals surface area contributed by atoms with Crippen LogP contribution in [0.25, 0.3) is 0 Å². The fraction of sp³-hybridized carbons (Fsp3) is 0.900. The first-order chi connectivity index (χ1) is 24.3. The van der Waals surface area contributed by atoms with Crippen molar-refractivity contribution in [2.24, 2.45) is 17.2 Å². The Kier molecular flexibility index (Phi) is 35.0. The number of nitrogens with one attached hydrogen (secondary N) is 3. The molecule has 0 aliphatic heterocycles. The summed E-state index contributed by atoms with van der Waals surface area (Å²) in [5.74, 6) is -0.691. The minimum absolute atomic E-state index is 0.0185. The van der Waals surface area contributed by atoms with E-state index in [0.29, 0.717) is 45.3 Å². The van der Waals surface area contributed by atoms with Gasteiger partial charge in [0.15, 0.2) is 0 Å². The van der Waals surface area contributed by atoms with Crippen molar-refractivity contribution in [3.63, 3.8) is 0 Å². The van der Waals surface area contributed by atoms with E-state index in [2.05, 4.69) is 22.9 Å². The van der Waals surface area contributed by atoms with Gasteiger partial charge in [-0.15, -0.1) is 0 Å². The molecule has 0 aromatic rings. The molecule has 10 heteroatoms. The largest absolute Gasteiger partial charge is 0.368 e. The Hall–Kier alpha value is -2.20. The van der Waals surface area contributed by atoms with E-state index in [0.717, 1.165) is 96.3 Å². The summed E-state index contributed by atoms with van der Waals surface area (Å²) in [7, 11) is 0. The molecule has 0 spiro atoms. The molecule has 0 aliphatic carbocycles. The SMILES string of the molecule is CCCCCCCCCCCCCCCC(=O)NC(CCCCN)C(=O)NCCCCCCCCCCCC(=O)NC(CCCCN)C(N)=O. The fourth-order valence-corrected chi connectivity index (χ4v) is 6.36. The molecule has 0 heterocycles. The van der Waals surface area contributed by atoms with Gasteiger partial charge in [0.2, 0.25) is 23.6 Å². The Morgan fingerprint density at radius 2 is 0.820 bits per heavy atom. The predicted molar refractivity (Wildman–Crippen MR) is 208 cm³/mol. The number of primary amides is 1. The highest BCUT2D eigenvalue weighted by molar-refractivity contribution is 5.87. The summed E-state index contributed by atoms with van der Waals surface area (Å²) in [6.45, 7) is 4.05. The zero-order chi connectivity index (χ0) is 36.9. The molecule has 0 radical (unpaired) electrons. The third-order valence-electron chi connectivity index (χ3n) is 9.61. The van der Waals surface area contributed by atoms with Gasteiger partial charge in [-0.25, -0.2) is 0 Å². The van der Waals surface area contributed by atoms with Gasteiger partial charge in [-0.3, -0.25) is 19.2 Å². The van der Waals surface area contributed by atoms with Crippen molar-refractivity contribution >= 4 is 23.6 Å². The van der Waals surface area contributed by atoms with E-state index in [-0.39, 0.29) is 17.7 Å². The van der Waals surface area contributed by atoms with Crippen molar-refractivity contribution in [2.45, 2.75) is 212 Å². The molecule has 2 unspecified atom stereocenters. The first-order valence-electron chi connectivity index (χ1n) is 20.9. The summed E-state index contributed by atoms with van der Waals surface area (Å²) in [6, 6.07) is -1.08. The lowest BCUT2D eigenvalue weighted by molar-refractivity contribution is -0.129. The minimum atomic E-state index is -0.602. The Morgan fingerprint density at radius 3 is 1.22 bits per heavy atom. The summed E-state index contributed by atoms with van der Waals surface area (Å²) in [5, 5.41) is 8.81. The molecular weight excluding hydrogens is 628 g/mol. The van der Waals surface area contributed by atoms with Crippen molar-refractivity contribution in [1.29, 1.82) is 0 Å². The normalized spacial score (nSPS) is 12.4. The lowest BCUT2D eigenvalue weighted by atomic mass is 10.0. The van der Waals surface area contributed by atoms with Crippen LogP contribution in [0.5, 0.6) is 0 Å². The van der Waals surface area contributed by atoms with Crippen LogP contribution in [-0.4, -0.2) is 55.3 Å². The number of carbonyl (C=O) groups excluding carboxylic acids is 4. The number of nitrogens with two attached hydrogens (primary N) is 3.